The molecule has 0 fully saturated rings. The number of hydrogen-bond acceptors (Lipinski definition) is 3. The van der Waals surface area contributed by atoms with Crippen molar-refractivity contribution in [3.8, 4) is 0 Å². The molecule has 0 aliphatic carbocycles. The van der Waals surface area contributed by atoms with Crippen LogP contribution in [0.25, 0.3) is 0 Å². The van der Waals surface area contributed by atoms with Crippen molar-refractivity contribution in [3.05, 3.63) is 59.2 Å². The fraction of sp³-hybridized carbons (Fsp3) is 0.316. The van der Waals surface area contributed by atoms with Crippen molar-refractivity contribution in [1.82, 2.24) is 0 Å². The minimum atomic E-state index is -3.43. The maximum absolute atomic E-state index is 13.3. The summed E-state index contributed by atoms with van der Waals surface area (Å²) in [5.41, 5.74) is 1.81. The predicted molar refractivity (Wildman–Crippen MR) is 100 cm³/mol. The SMILES string of the molecule is CCCS(=O)(=O)N1CCCc2ccc(NC(=O)c3ccc(F)c(F)c3)cc21. The lowest BCUT2D eigenvalue weighted by atomic mass is 10.0. The molecule has 5 nitrogen and oxygen atoms in total. The zero-order chi connectivity index (χ0) is 19.6. The highest BCUT2D eigenvalue weighted by Gasteiger charge is 2.27. The molecule has 0 aromatic heterocycles. The smallest absolute Gasteiger partial charge is 0.255 e. The number of sulfonamides is 1. The van der Waals surface area contributed by atoms with Crippen LogP contribution in [0, 0.1) is 11.6 Å². The number of fused-ring (bicyclic) bond motifs is 1. The summed E-state index contributed by atoms with van der Waals surface area (Å²) in [5.74, 6) is -2.69. The number of nitrogens with one attached hydrogen (secondary N) is 1. The Morgan fingerprint density at radius 1 is 1.15 bits per heavy atom. The molecule has 3 rings (SSSR count). The van der Waals surface area contributed by atoms with Gasteiger partial charge in [-0.2, -0.15) is 0 Å². The molecule has 2 aromatic carbocycles. The van der Waals surface area contributed by atoms with Crippen LogP contribution in [0.15, 0.2) is 36.4 Å². The van der Waals surface area contributed by atoms with Gasteiger partial charge >= 0.3 is 0 Å². The third kappa shape index (κ3) is 4.10. The van der Waals surface area contributed by atoms with Crippen molar-refractivity contribution >= 4 is 27.3 Å². The van der Waals surface area contributed by atoms with E-state index in [-0.39, 0.29) is 11.3 Å². The van der Waals surface area contributed by atoms with Crippen LogP contribution in [-0.2, 0) is 16.4 Å². The first kappa shape index (κ1) is 19.3. The Kier molecular flexibility index (Phi) is 5.46. The standard InChI is InChI=1S/C19H20F2N2O3S/c1-2-10-27(25,26)23-9-3-4-13-5-7-15(12-18(13)23)22-19(24)14-6-8-16(20)17(21)11-14/h5-8,11-12H,2-4,9-10H2,1H3,(H,22,24). The number of hydrogen-bond donors (Lipinski definition) is 1. The predicted octanol–water partition coefficient (Wildman–Crippen LogP) is 3.71. The first-order valence-electron chi connectivity index (χ1n) is 8.71. The van der Waals surface area contributed by atoms with E-state index >= 15 is 0 Å². The van der Waals surface area contributed by atoms with Crippen LogP contribution in [0.1, 0.15) is 35.7 Å². The van der Waals surface area contributed by atoms with Crippen LogP contribution in [0.3, 0.4) is 0 Å². The van der Waals surface area contributed by atoms with Crippen molar-refractivity contribution in [1.29, 1.82) is 0 Å². The summed E-state index contributed by atoms with van der Waals surface area (Å²) in [6.45, 7) is 2.21. The molecule has 2 aromatic rings. The van der Waals surface area contributed by atoms with E-state index in [9.17, 15) is 22.0 Å². The van der Waals surface area contributed by atoms with Gasteiger partial charge in [0.2, 0.25) is 10.0 Å². The highest BCUT2D eigenvalue weighted by molar-refractivity contribution is 7.92. The Morgan fingerprint density at radius 2 is 1.93 bits per heavy atom. The lowest BCUT2D eigenvalue weighted by molar-refractivity contribution is 0.102. The van der Waals surface area contributed by atoms with Crippen LogP contribution >= 0.6 is 0 Å². The maximum atomic E-state index is 13.3. The largest absolute Gasteiger partial charge is 0.322 e. The molecular weight excluding hydrogens is 374 g/mol. The average molecular weight is 394 g/mol. The molecule has 27 heavy (non-hydrogen) atoms. The van der Waals surface area contributed by atoms with E-state index in [0.717, 1.165) is 30.5 Å². The number of carbonyl (C=O) groups is 1. The van der Waals surface area contributed by atoms with Gasteiger partial charge in [-0.3, -0.25) is 9.10 Å². The lowest BCUT2D eigenvalue weighted by Crippen LogP contribution is -2.37. The summed E-state index contributed by atoms with van der Waals surface area (Å²) in [7, 11) is -3.43. The van der Waals surface area contributed by atoms with Gasteiger partial charge in [0.05, 0.1) is 11.4 Å². The first-order valence-corrected chi connectivity index (χ1v) is 10.3. The third-order valence-corrected chi connectivity index (χ3v) is 6.37. The number of aryl methyl sites for hydroxylation is 1. The molecule has 1 aliphatic heterocycles. The Balaban J connectivity index is 1.88. The van der Waals surface area contributed by atoms with E-state index in [4.69, 9.17) is 0 Å². The van der Waals surface area contributed by atoms with Crippen molar-refractivity contribution in [3.63, 3.8) is 0 Å². The number of rotatable bonds is 5. The topological polar surface area (TPSA) is 66.5 Å². The first-order chi connectivity index (χ1) is 12.8. The molecule has 1 heterocycles. The van der Waals surface area contributed by atoms with E-state index in [2.05, 4.69) is 5.32 Å². The normalized spacial score (nSPS) is 14.0. The van der Waals surface area contributed by atoms with E-state index in [0.29, 0.717) is 24.3 Å². The molecule has 1 aliphatic rings. The van der Waals surface area contributed by atoms with Gasteiger partial charge in [-0.15, -0.1) is 0 Å². The van der Waals surface area contributed by atoms with Gasteiger partial charge in [0.1, 0.15) is 0 Å². The van der Waals surface area contributed by atoms with Gasteiger partial charge in [-0.1, -0.05) is 13.0 Å². The molecule has 0 saturated carbocycles. The number of benzene rings is 2. The number of carbonyl (C=O) groups excluding carboxylic acids is 1. The van der Waals surface area contributed by atoms with Crippen LogP contribution in [-0.4, -0.2) is 26.6 Å². The summed E-state index contributed by atoms with van der Waals surface area (Å²) >= 11 is 0. The molecule has 0 atom stereocenters. The second-order valence-electron chi connectivity index (χ2n) is 6.42. The van der Waals surface area contributed by atoms with Gasteiger partial charge in [0, 0.05) is 17.8 Å². The third-order valence-electron chi connectivity index (χ3n) is 4.40. The summed E-state index contributed by atoms with van der Waals surface area (Å²) in [6.07, 6.45) is 2.00. The van der Waals surface area contributed by atoms with Crippen LogP contribution in [0.2, 0.25) is 0 Å². The average Bonchev–Trinajstić information content (AvgIpc) is 2.63. The molecule has 0 spiro atoms. The molecule has 8 heteroatoms. The molecule has 0 bridgehead atoms. The fourth-order valence-corrected chi connectivity index (χ4v) is 4.73. The Labute approximate surface area is 157 Å². The van der Waals surface area contributed by atoms with Crippen LogP contribution in [0.4, 0.5) is 20.2 Å². The second-order valence-corrected chi connectivity index (χ2v) is 8.43. The van der Waals surface area contributed by atoms with Gasteiger partial charge in [0.25, 0.3) is 5.91 Å². The van der Waals surface area contributed by atoms with E-state index in [1.54, 1.807) is 25.1 Å². The number of anilines is 2. The van der Waals surface area contributed by atoms with E-state index in [1.807, 2.05) is 0 Å². The molecule has 0 unspecified atom stereocenters. The monoisotopic (exact) mass is 394 g/mol. The van der Waals surface area contributed by atoms with E-state index in [1.165, 1.54) is 10.4 Å². The van der Waals surface area contributed by atoms with Crippen molar-refractivity contribution < 1.29 is 22.0 Å². The second kappa shape index (κ2) is 7.64. The number of halogens is 2. The quantitative estimate of drug-likeness (QED) is 0.841. The zero-order valence-corrected chi connectivity index (χ0v) is 15.7. The van der Waals surface area contributed by atoms with Gasteiger partial charge in [-0.05, 0) is 55.2 Å². The van der Waals surface area contributed by atoms with Crippen LogP contribution < -0.4 is 9.62 Å². The van der Waals surface area contributed by atoms with E-state index < -0.39 is 27.6 Å². The van der Waals surface area contributed by atoms with Gasteiger partial charge in [-0.25, -0.2) is 17.2 Å². The summed E-state index contributed by atoms with van der Waals surface area (Å²) < 4.78 is 52.8. The summed E-state index contributed by atoms with van der Waals surface area (Å²) in [6, 6.07) is 7.96. The number of amides is 1. The molecule has 0 saturated heterocycles. The minimum Gasteiger partial charge on any atom is -0.322 e. The molecule has 144 valence electrons. The van der Waals surface area contributed by atoms with Crippen molar-refractivity contribution in [2.24, 2.45) is 0 Å². The van der Waals surface area contributed by atoms with Gasteiger partial charge in [0.15, 0.2) is 11.6 Å². The zero-order valence-electron chi connectivity index (χ0n) is 14.8. The van der Waals surface area contributed by atoms with Crippen molar-refractivity contribution in [2.45, 2.75) is 26.2 Å². The highest BCUT2D eigenvalue weighted by atomic mass is 32.2. The summed E-state index contributed by atoms with van der Waals surface area (Å²) in [5, 5.41) is 2.61. The van der Waals surface area contributed by atoms with Gasteiger partial charge < -0.3 is 5.32 Å². The van der Waals surface area contributed by atoms with Crippen molar-refractivity contribution in [2.75, 3.05) is 21.9 Å². The lowest BCUT2D eigenvalue weighted by Gasteiger charge is -2.31. The summed E-state index contributed by atoms with van der Waals surface area (Å²) in [4.78, 5) is 12.3. The Bertz CT molecular complexity index is 977. The minimum absolute atomic E-state index is 0.0259. The Morgan fingerprint density at radius 3 is 2.63 bits per heavy atom. The molecule has 1 N–H and O–H groups in total. The molecule has 1 amide bonds. The highest BCUT2D eigenvalue weighted by Crippen LogP contribution is 2.32. The number of nitrogens with zero attached hydrogens (tertiary/aromatic N) is 1. The van der Waals surface area contributed by atoms with Crippen LogP contribution in [0.5, 0.6) is 0 Å². The maximum Gasteiger partial charge on any atom is 0.255 e. The molecular formula is C19H20F2N2O3S. The fourth-order valence-electron chi connectivity index (χ4n) is 3.12. The molecule has 0 radical (unpaired) electrons. The Hall–Kier alpha value is -2.48.